The van der Waals surface area contributed by atoms with Gasteiger partial charge in [-0.3, -0.25) is 10.1 Å². The Balaban J connectivity index is 1.73. The molecule has 1 aliphatic heterocycles. The van der Waals surface area contributed by atoms with Crippen molar-refractivity contribution < 1.29 is 9.18 Å². The van der Waals surface area contributed by atoms with E-state index in [2.05, 4.69) is 20.7 Å². The molecule has 0 bridgehead atoms. The van der Waals surface area contributed by atoms with Crippen LogP contribution in [0, 0.1) is 5.82 Å². The molecule has 2 N–H and O–H groups in total. The van der Waals surface area contributed by atoms with Crippen LogP contribution in [0.4, 0.5) is 10.3 Å². The number of aromatic nitrogens is 3. The highest BCUT2D eigenvalue weighted by Crippen LogP contribution is 2.23. The number of anilines is 1. The second kappa shape index (κ2) is 6.23. The number of carbonyl (C=O) groups excluding carboxylic acids is 1. The first-order chi connectivity index (χ1) is 10.6. The number of halogens is 1. The predicted molar refractivity (Wildman–Crippen MR) is 80.2 cm³/mol. The molecule has 3 rings (SSSR count). The lowest BCUT2D eigenvalue weighted by Gasteiger charge is -2.19. The summed E-state index contributed by atoms with van der Waals surface area (Å²) in [7, 11) is 1.75. The number of rotatable bonds is 3. The molecule has 1 amide bonds. The van der Waals surface area contributed by atoms with Crippen LogP contribution in [0.3, 0.4) is 0 Å². The Morgan fingerprint density at radius 3 is 2.68 bits per heavy atom. The second-order valence-electron chi connectivity index (χ2n) is 5.40. The lowest BCUT2D eigenvalue weighted by molar-refractivity contribution is 0.102. The normalized spacial score (nSPS) is 15.7. The van der Waals surface area contributed by atoms with Crippen molar-refractivity contribution in [1.29, 1.82) is 0 Å². The maximum absolute atomic E-state index is 12.9. The molecule has 6 nitrogen and oxygen atoms in total. The monoisotopic (exact) mass is 303 g/mol. The van der Waals surface area contributed by atoms with E-state index in [0.717, 1.165) is 31.8 Å². The molecule has 0 aliphatic carbocycles. The number of nitrogens with one attached hydrogen (secondary N) is 2. The molecule has 1 saturated heterocycles. The molecule has 0 unspecified atom stereocenters. The van der Waals surface area contributed by atoms with Crippen molar-refractivity contribution >= 4 is 11.9 Å². The number of piperidine rings is 1. The van der Waals surface area contributed by atoms with E-state index in [1.54, 1.807) is 11.7 Å². The molecule has 1 fully saturated rings. The molecule has 2 aromatic rings. The van der Waals surface area contributed by atoms with Crippen LogP contribution in [-0.4, -0.2) is 33.8 Å². The van der Waals surface area contributed by atoms with Gasteiger partial charge < -0.3 is 5.32 Å². The van der Waals surface area contributed by atoms with Gasteiger partial charge in [0.2, 0.25) is 5.95 Å². The van der Waals surface area contributed by atoms with E-state index >= 15 is 0 Å². The van der Waals surface area contributed by atoms with Gasteiger partial charge in [0.25, 0.3) is 5.91 Å². The first kappa shape index (κ1) is 14.6. The number of hydrogen-bond acceptors (Lipinski definition) is 4. The SMILES string of the molecule is Cn1nc(C2CCNCC2)nc1NC(=O)c1ccc(F)cc1. The van der Waals surface area contributed by atoms with Crippen LogP contribution in [0.5, 0.6) is 0 Å². The fourth-order valence-electron chi connectivity index (χ4n) is 2.54. The molecule has 0 spiro atoms. The van der Waals surface area contributed by atoms with Gasteiger partial charge in [0, 0.05) is 18.5 Å². The maximum atomic E-state index is 12.9. The van der Waals surface area contributed by atoms with Gasteiger partial charge in [-0.2, -0.15) is 10.1 Å². The minimum Gasteiger partial charge on any atom is -0.317 e. The van der Waals surface area contributed by atoms with Crippen molar-refractivity contribution in [2.45, 2.75) is 18.8 Å². The molecule has 0 saturated carbocycles. The molecular formula is C15H18FN5O. The van der Waals surface area contributed by atoms with Crippen molar-refractivity contribution in [2.24, 2.45) is 7.05 Å². The van der Waals surface area contributed by atoms with Gasteiger partial charge in [0.1, 0.15) is 5.82 Å². The Morgan fingerprint density at radius 1 is 1.32 bits per heavy atom. The molecule has 0 radical (unpaired) electrons. The molecule has 2 heterocycles. The number of nitrogens with zero attached hydrogens (tertiary/aromatic N) is 3. The van der Waals surface area contributed by atoms with Gasteiger partial charge in [-0.15, -0.1) is 0 Å². The Morgan fingerprint density at radius 2 is 2.00 bits per heavy atom. The summed E-state index contributed by atoms with van der Waals surface area (Å²) in [5.74, 6) is 0.793. The second-order valence-corrected chi connectivity index (χ2v) is 5.40. The van der Waals surface area contributed by atoms with Crippen molar-refractivity contribution in [3.8, 4) is 0 Å². The highest BCUT2D eigenvalue weighted by Gasteiger charge is 2.21. The summed E-state index contributed by atoms with van der Waals surface area (Å²) >= 11 is 0. The average molecular weight is 303 g/mol. The van der Waals surface area contributed by atoms with E-state index < -0.39 is 0 Å². The summed E-state index contributed by atoms with van der Waals surface area (Å²) in [6.45, 7) is 1.92. The summed E-state index contributed by atoms with van der Waals surface area (Å²) in [6.07, 6.45) is 1.99. The lowest BCUT2D eigenvalue weighted by atomic mass is 9.98. The topological polar surface area (TPSA) is 71.8 Å². The van der Waals surface area contributed by atoms with Gasteiger partial charge in [-0.05, 0) is 50.2 Å². The van der Waals surface area contributed by atoms with Crippen LogP contribution in [-0.2, 0) is 7.05 Å². The van der Waals surface area contributed by atoms with Crippen LogP contribution in [0.25, 0.3) is 0 Å². The third-order valence-corrected chi connectivity index (χ3v) is 3.82. The minimum atomic E-state index is -0.372. The first-order valence-electron chi connectivity index (χ1n) is 7.32. The van der Waals surface area contributed by atoms with E-state index in [9.17, 15) is 9.18 Å². The van der Waals surface area contributed by atoms with Crippen LogP contribution in [0.2, 0.25) is 0 Å². The third-order valence-electron chi connectivity index (χ3n) is 3.82. The van der Waals surface area contributed by atoms with Crippen LogP contribution in [0.15, 0.2) is 24.3 Å². The van der Waals surface area contributed by atoms with E-state index in [1.807, 2.05) is 0 Å². The Kier molecular flexibility index (Phi) is 4.15. The van der Waals surface area contributed by atoms with Gasteiger partial charge in [-0.1, -0.05) is 0 Å². The molecular weight excluding hydrogens is 285 g/mol. The quantitative estimate of drug-likeness (QED) is 0.905. The summed E-state index contributed by atoms with van der Waals surface area (Å²) in [5, 5.41) is 10.4. The third kappa shape index (κ3) is 3.14. The minimum absolute atomic E-state index is 0.323. The van der Waals surface area contributed by atoms with Gasteiger partial charge >= 0.3 is 0 Å². The fraction of sp³-hybridized carbons (Fsp3) is 0.400. The highest BCUT2D eigenvalue weighted by atomic mass is 19.1. The van der Waals surface area contributed by atoms with Gasteiger partial charge in [0.05, 0.1) is 0 Å². The van der Waals surface area contributed by atoms with Crippen molar-refractivity contribution in [2.75, 3.05) is 18.4 Å². The van der Waals surface area contributed by atoms with E-state index in [-0.39, 0.29) is 11.7 Å². The number of amides is 1. The highest BCUT2D eigenvalue weighted by molar-refractivity contribution is 6.03. The maximum Gasteiger partial charge on any atom is 0.258 e. The van der Waals surface area contributed by atoms with Crippen LogP contribution < -0.4 is 10.6 Å². The van der Waals surface area contributed by atoms with Gasteiger partial charge in [-0.25, -0.2) is 9.07 Å². The molecule has 1 aromatic heterocycles. The Hall–Kier alpha value is -2.28. The standard InChI is InChI=1S/C15H18FN5O/c1-21-15(18-13(20-21)10-6-8-17-9-7-10)19-14(22)11-2-4-12(16)5-3-11/h2-5,10,17H,6-9H2,1H3,(H,18,19,20,22). The van der Waals surface area contributed by atoms with Crippen molar-refractivity contribution in [3.05, 3.63) is 41.5 Å². The summed E-state index contributed by atoms with van der Waals surface area (Å²) < 4.78 is 14.5. The summed E-state index contributed by atoms with van der Waals surface area (Å²) in [4.78, 5) is 16.6. The fourth-order valence-corrected chi connectivity index (χ4v) is 2.54. The summed E-state index contributed by atoms with van der Waals surface area (Å²) in [6, 6.07) is 5.39. The first-order valence-corrected chi connectivity index (χ1v) is 7.32. The molecule has 0 atom stereocenters. The van der Waals surface area contributed by atoms with Crippen molar-refractivity contribution in [1.82, 2.24) is 20.1 Å². The predicted octanol–water partition coefficient (Wildman–Crippen LogP) is 1.67. The van der Waals surface area contributed by atoms with E-state index in [0.29, 0.717) is 17.4 Å². The molecule has 116 valence electrons. The van der Waals surface area contributed by atoms with Crippen molar-refractivity contribution in [3.63, 3.8) is 0 Å². The number of aryl methyl sites for hydroxylation is 1. The smallest absolute Gasteiger partial charge is 0.258 e. The Bertz CT molecular complexity index is 661. The lowest BCUT2D eigenvalue weighted by Crippen LogP contribution is -2.27. The molecule has 1 aromatic carbocycles. The largest absolute Gasteiger partial charge is 0.317 e. The van der Waals surface area contributed by atoms with Gasteiger partial charge in [0.15, 0.2) is 5.82 Å². The van der Waals surface area contributed by atoms with E-state index in [4.69, 9.17) is 0 Å². The summed E-state index contributed by atoms with van der Waals surface area (Å²) in [5.41, 5.74) is 0.382. The molecule has 7 heteroatoms. The number of hydrogen-bond donors (Lipinski definition) is 2. The Labute approximate surface area is 127 Å². The zero-order chi connectivity index (χ0) is 15.5. The van der Waals surface area contributed by atoms with Crippen LogP contribution in [0.1, 0.15) is 34.9 Å². The van der Waals surface area contributed by atoms with E-state index in [1.165, 1.54) is 24.3 Å². The molecule has 22 heavy (non-hydrogen) atoms. The number of benzene rings is 1. The zero-order valence-corrected chi connectivity index (χ0v) is 12.3. The molecule has 1 aliphatic rings. The average Bonchev–Trinajstić information content (AvgIpc) is 2.90. The zero-order valence-electron chi connectivity index (χ0n) is 12.3. The number of carbonyl (C=O) groups is 1. The van der Waals surface area contributed by atoms with Crippen LogP contribution >= 0.6 is 0 Å².